The van der Waals surface area contributed by atoms with Crippen molar-refractivity contribution in [1.29, 1.82) is 0 Å². The van der Waals surface area contributed by atoms with E-state index in [1.807, 2.05) is 42.6 Å². The van der Waals surface area contributed by atoms with E-state index in [1.54, 1.807) is 30.4 Å². The number of nitrogens with one attached hydrogen (secondary N) is 2. The maximum atomic E-state index is 12.4. The SMILES string of the molecule is COc1ccc(N2CC(C(=O)NN=Cc3c[nH]c4ccccc34)CC2=O)cc1. The molecule has 28 heavy (non-hydrogen) atoms. The lowest BCUT2D eigenvalue weighted by Gasteiger charge is -2.16. The molecular formula is C21H20N4O3. The molecule has 0 radical (unpaired) electrons. The smallest absolute Gasteiger partial charge is 0.245 e. The van der Waals surface area contributed by atoms with Crippen molar-refractivity contribution in [3.05, 3.63) is 60.3 Å². The average Bonchev–Trinajstić information content (AvgIpc) is 3.32. The zero-order valence-electron chi connectivity index (χ0n) is 15.4. The van der Waals surface area contributed by atoms with Gasteiger partial charge in [0.15, 0.2) is 0 Å². The summed E-state index contributed by atoms with van der Waals surface area (Å²) in [5.74, 6) is -0.0580. The number of amides is 2. The minimum atomic E-state index is -0.435. The van der Waals surface area contributed by atoms with E-state index in [-0.39, 0.29) is 18.2 Å². The van der Waals surface area contributed by atoms with Crippen LogP contribution in [0.25, 0.3) is 10.9 Å². The third kappa shape index (κ3) is 3.46. The number of carbonyl (C=O) groups is 2. The van der Waals surface area contributed by atoms with Crippen LogP contribution in [0.15, 0.2) is 59.8 Å². The highest BCUT2D eigenvalue weighted by molar-refractivity contribution is 6.01. The summed E-state index contributed by atoms with van der Waals surface area (Å²) in [4.78, 5) is 29.5. The number of H-pyrrole nitrogens is 1. The summed E-state index contributed by atoms with van der Waals surface area (Å²) in [5, 5.41) is 5.09. The Balaban J connectivity index is 1.39. The van der Waals surface area contributed by atoms with Crippen molar-refractivity contribution in [3.63, 3.8) is 0 Å². The van der Waals surface area contributed by atoms with Crippen LogP contribution in [0.2, 0.25) is 0 Å². The predicted molar refractivity (Wildman–Crippen MR) is 107 cm³/mol. The van der Waals surface area contributed by atoms with E-state index >= 15 is 0 Å². The molecule has 0 saturated carbocycles. The third-order valence-electron chi connectivity index (χ3n) is 4.88. The number of benzene rings is 2. The fourth-order valence-electron chi connectivity index (χ4n) is 3.35. The number of nitrogens with zero attached hydrogens (tertiary/aromatic N) is 2. The van der Waals surface area contributed by atoms with Gasteiger partial charge in [0.2, 0.25) is 11.8 Å². The normalized spacial score (nSPS) is 16.8. The molecule has 0 aliphatic carbocycles. The van der Waals surface area contributed by atoms with Gasteiger partial charge in [-0.15, -0.1) is 0 Å². The number of hydrogen-bond donors (Lipinski definition) is 2. The lowest BCUT2D eigenvalue weighted by atomic mass is 10.1. The summed E-state index contributed by atoms with van der Waals surface area (Å²) in [6.07, 6.45) is 3.61. The van der Waals surface area contributed by atoms with E-state index in [0.29, 0.717) is 6.54 Å². The first-order chi connectivity index (χ1) is 13.7. The Bertz CT molecular complexity index is 1040. The van der Waals surface area contributed by atoms with Gasteiger partial charge in [-0.3, -0.25) is 9.59 Å². The molecule has 2 N–H and O–H groups in total. The van der Waals surface area contributed by atoms with Crippen LogP contribution in [0.1, 0.15) is 12.0 Å². The summed E-state index contributed by atoms with van der Waals surface area (Å²) < 4.78 is 5.13. The first-order valence-corrected chi connectivity index (χ1v) is 8.99. The Kier molecular flexibility index (Phi) is 4.80. The van der Waals surface area contributed by atoms with Crippen LogP contribution in [-0.4, -0.2) is 36.7 Å². The minimum Gasteiger partial charge on any atom is -0.497 e. The van der Waals surface area contributed by atoms with Crippen molar-refractivity contribution in [2.75, 3.05) is 18.6 Å². The maximum absolute atomic E-state index is 12.4. The molecular weight excluding hydrogens is 356 g/mol. The number of ether oxygens (including phenoxy) is 1. The van der Waals surface area contributed by atoms with Crippen LogP contribution in [0.5, 0.6) is 5.75 Å². The third-order valence-corrected chi connectivity index (χ3v) is 4.88. The first kappa shape index (κ1) is 17.8. The number of anilines is 1. The van der Waals surface area contributed by atoms with Gasteiger partial charge in [0, 0.05) is 41.3 Å². The Labute approximate surface area is 162 Å². The molecule has 1 saturated heterocycles. The molecule has 1 aliphatic heterocycles. The minimum absolute atomic E-state index is 0.0778. The van der Waals surface area contributed by atoms with Crippen molar-refractivity contribution in [3.8, 4) is 5.75 Å². The highest BCUT2D eigenvalue weighted by Gasteiger charge is 2.35. The number of aromatic nitrogens is 1. The number of carbonyl (C=O) groups excluding carboxylic acids is 2. The fourth-order valence-corrected chi connectivity index (χ4v) is 3.35. The molecule has 1 atom stereocenters. The van der Waals surface area contributed by atoms with Crippen molar-refractivity contribution in [2.45, 2.75) is 6.42 Å². The van der Waals surface area contributed by atoms with E-state index < -0.39 is 5.92 Å². The van der Waals surface area contributed by atoms with Crippen molar-refractivity contribution in [2.24, 2.45) is 11.0 Å². The summed E-state index contributed by atoms with van der Waals surface area (Å²) in [6.45, 7) is 0.333. The average molecular weight is 376 g/mol. The summed E-state index contributed by atoms with van der Waals surface area (Å²) in [6, 6.07) is 15.1. The topological polar surface area (TPSA) is 86.8 Å². The van der Waals surface area contributed by atoms with Crippen LogP contribution in [0.4, 0.5) is 5.69 Å². The van der Waals surface area contributed by atoms with E-state index in [4.69, 9.17) is 4.74 Å². The molecule has 0 bridgehead atoms. The second-order valence-electron chi connectivity index (χ2n) is 6.63. The van der Waals surface area contributed by atoms with Gasteiger partial charge in [0.05, 0.1) is 19.2 Å². The van der Waals surface area contributed by atoms with E-state index in [2.05, 4.69) is 15.5 Å². The van der Waals surface area contributed by atoms with E-state index in [9.17, 15) is 9.59 Å². The summed E-state index contributed by atoms with van der Waals surface area (Å²) in [5.41, 5.74) is 5.20. The number of hydrazone groups is 1. The monoisotopic (exact) mass is 376 g/mol. The molecule has 0 spiro atoms. The molecule has 3 aromatic rings. The zero-order valence-corrected chi connectivity index (χ0v) is 15.4. The van der Waals surface area contributed by atoms with Gasteiger partial charge >= 0.3 is 0 Å². The van der Waals surface area contributed by atoms with Gasteiger partial charge in [-0.1, -0.05) is 18.2 Å². The molecule has 1 fully saturated rings. The van der Waals surface area contributed by atoms with Gasteiger partial charge in [0.1, 0.15) is 5.75 Å². The lowest BCUT2D eigenvalue weighted by Crippen LogP contribution is -2.30. The quantitative estimate of drug-likeness (QED) is 0.530. The molecule has 1 aromatic heterocycles. The van der Waals surface area contributed by atoms with Crippen LogP contribution in [0.3, 0.4) is 0 Å². The maximum Gasteiger partial charge on any atom is 0.245 e. The zero-order chi connectivity index (χ0) is 19.5. The number of para-hydroxylation sites is 1. The van der Waals surface area contributed by atoms with Crippen LogP contribution >= 0.6 is 0 Å². The van der Waals surface area contributed by atoms with Gasteiger partial charge in [-0.05, 0) is 30.3 Å². The lowest BCUT2D eigenvalue weighted by molar-refractivity contribution is -0.126. The van der Waals surface area contributed by atoms with Crippen LogP contribution < -0.4 is 15.1 Å². The second kappa shape index (κ2) is 7.56. The Morgan fingerprint density at radius 3 is 2.82 bits per heavy atom. The Hall–Kier alpha value is -3.61. The van der Waals surface area contributed by atoms with Gasteiger partial charge < -0.3 is 14.6 Å². The number of rotatable bonds is 5. The van der Waals surface area contributed by atoms with Crippen LogP contribution in [-0.2, 0) is 9.59 Å². The number of hydrogen-bond acceptors (Lipinski definition) is 4. The Morgan fingerprint density at radius 2 is 2.04 bits per heavy atom. The molecule has 1 aliphatic rings. The molecule has 2 heterocycles. The van der Waals surface area contributed by atoms with Crippen LogP contribution in [0, 0.1) is 5.92 Å². The Morgan fingerprint density at radius 1 is 1.25 bits per heavy atom. The molecule has 4 rings (SSSR count). The van der Waals surface area contributed by atoms with Gasteiger partial charge in [0.25, 0.3) is 0 Å². The highest BCUT2D eigenvalue weighted by atomic mass is 16.5. The second-order valence-corrected chi connectivity index (χ2v) is 6.63. The van der Waals surface area contributed by atoms with E-state index in [0.717, 1.165) is 27.9 Å². The summed E-state index contributed by atoms with van der Waals surface area (Å²) in [7, 11) is 1.59. The molecule has 7 nitrogen and oxygen atoms in total. The summed E-state index contributed by atoms with van der Waals surface area (Å²) >= 11 is 0. The highest BCUT2D eigenvalue weighted by Crippen LogP contribution is 2.27. The molecule has 142 valence electrons. The molecule has 7 heteroatoms. The van der Waals surface area contributed by atoms with Gasteiger partial charge in [-0.25, -0.2) is 5.43 Å². The van der Waals surface area contributed by atoms with Crippen molar-refractivity contribution in [1.82, 2.24) is 10.4 Å². The molecule has 2 aromatic carbocycles. The van der Waals surface area contributed by atoms with Crippen molar-refractivity contribution < 1.29 is 14.3 Å². The van der Waals surface area contributed by atoms with Crippen molar-refractivity contribution >= 4 is 34.6 Å². The van der Waals surface area contributed by atoms with E-state index in [1.165, 1.54) is 0 Å². The standard InChI is InChI=1S/C21H20N4O3/c1-28-17-8-6-16(7-9-17)25-13-14(10-20(25)26)21(27)24-23-12-15-11-22-19-5-3-2-4-18(15)19/h2-9,11-12,14,22H,10,13H2,1H3,(H,24,27). The largest absolute Gasteiger partial charge is 0.497 e. The molecule has 2 amide bonds. The first-order valence-electron chi connectivity index (χ1n) is 8.99. The number of methoxy groups -OCH3 is 1. The number of fused-ring (bicyclic) bond motifs is 1. The van der Waals surface area contributed by atoms with Gasteiger partial charge in [-0.2, -0.15) is 5.10 Å². The number of aromatic amines is 1. The molecule has 1 unspecified atom stereocenters. The fraction of sp³-hybridized carbons (Fsp3) is 0.190. The predicted octanol–water partition coefficient (Wildman–Crippen LogP) is 2.68.